The highest BCUT2D eigenvalue weighted by Crippen LogP contribution is 2.19. The standard InChI is InChI=1S/C19H38O/c1-4-6-8-9-10-11-12-13-14-15-17-19(18(3)20)16-7-5-2/h19H,4-17H2,1-3H3. The van der Waals surface area contributed by atoms with Gasteiger partial charge < -0.3 is 0 Å². The van der Waals surface area contributed by atoms with Gasteiger partial charge in [0.25, 0.3) is 0 Å². The van der Waals surface area contributed by atoms with E-state index in [9.17, 15) is 4.79 Å². The first-order valence-corrected chi connectivity index (χ1v) is 9.22. The van der Waals surface area contributed by atoms with Crippen molar-refractivity contribution >= 4 is 5.78 Å². The van der Waals surface area contributed by atoms with Gasteiger partial charge in [0, 0.05) is 5.92 Å². The zero-order valence-electron chi connectivity index (χ0n) is 14.4. The van der Waals surface area contributed by atoms with Crippen LogP contribution < -0.4 is 0 Å². The fourth-order valence-corrected chi connectivity index (χ4v) is 2.88. The van der Waals surface area contributed by atoms with E-state index < -0.39 is 0 Å². The average Bonchev–Trinajstić information content (AvgIpc) is 2.43. The van der Waals surface area contributed by atoms with Crippen molar-refractivity contribution < 1.29 is 4.79 Å². The molecule has 0 fully saturated rings. The lowest BCUT2D eigenvalue weighted by Gasteiger charge is -2.12. The third-order valence-corrected chi connectivity index (χ3v) is 4.39. The molecule has 0 N–H and O–H groups in total. The molecule has 0 bridgehead atoms. The largest absolute Gasteiger partial charge is 0.300 e. The van der Waals surface area contributed by atoms with Crippen molar-refractivity contribution in [1.82, 2.24) is 0 Å². The van der Waals surface area contributed by atoms with Gasteiger partial charge in [-0.15, -0.1) is 0 Å². The molecule has 1 unspecified atom stereocenters. The number of ketones is 1. The Bertz CT molecular complexity index is 210. The summed E-state index contributed by atoms with van der Waals surface area (Å²) < 4.78 is 0. The van der Waals surface area contributed by atoms with Gasteiger partial charge >= 0.3 is 0 Å². The third kappa shape index (κ3) is 12.7. The quantitative estimate of drug-likeness (QED) is 0.306. The summed E-state index contributed by atoms with van der Waals surface area (Å²) in [6.45, 7) is 6.25. The van der Waals surface area contributed by atoms with Crippen LogP contribution in [0.25, 0.3) is 0 Å². The molecule has 120 valence electrons. The lowest BCUT2D eigenvalue weighted by atomic mass is 9.92. The maximum absolute atomic E-state index is 11.5. The number of hydrogen-bond donors (Lipinski definition) is 0. The highest BCUT2D eigenvalue weighted by Gasteiger charge is 2.12. The highest BCUT2D eigenvalue weighted by atomic mass is 16.1. The first-order valence-electron chi connectivity index (χ1n) is 9.22. The summed E-state index contributed by atoms with van der Waals surface area (Å²) in [5.74, 6) is 0.762. The van der Waals surface area contributed by atoms with Gasteiger partial charge in [0.05, 0.1) is 0 Å². The molecule has 0 aromatic heterocycles. The molecule has 0 aliphatic rings. The summed E-state index contributed by atoms with van der Waals surface area (Å²) in [6, 6.07) is 0. The zero-order chi connectivity index (χ0) is 15.1. The smallest absolute Gasteiger partial charge is 0.132 e. The summed E-state index contributed by atoms with van der Waals surface area (Å²) in [5, 5.41) is 0. The van der Waals surface area contributed by atoms with E-state index in [1.807, 2.05) is 0 Å². The SMILES string of the molecule is CCCCCCCCCCCCC(CCCC)C(C)=O. The number of rotatable bonds is 15. The Morgan fingerprint density at radius 1 is 0.650 bits per heavy atom. The van der Waals surface area contributed by atoms with Gasteiger partial charge in [-0.3, -0.25) is 4.79 Å². The second-order valence-electron chi connectivity index (χ2n) is 6.42. The van der Waals surface area contributed by atoms with Crippen LogP contribution in [0.2, 0.25) is 0 Å². The minimum atomic E-state index is 0.351. The van der Waals surface area contributed by atoms with Crippen LogP contribution in [0.3, 0.4) is 0 Å². The van der Waals surface area contributed by atoms with Crippen LogP contribution in [0.5, 0.6) is 0 Å². The predicted octanol–water partition coefficient (Wildman–Crippen LogP) is 6.69. The third-order valence-electron chi connectivity index (χ3n) is 4.39. The number of hydrogen-bond acceptors (Lipinski definition) is 1. The topological polar surface area (TPSA) is 17.1 Å². The summed E-state index contributed by atoms with van der Waals surface area (Å²) in [4.78, 5) is 11.5. The van der Waals surface area contributed by atoms with Crippen LogP contribution in [-0.4, -0.2) is 5.78 Å². The fraction of sp³-hybridized carbons (Fsp3) is 0.947. The molecule has 0 aliphatic heterocycles. The lowest BCUT2D eigenvalue weighted by molar-refractivity contribution is -0.121. The Hall–Kier alpha value is -0.330. The molecule has 0 saturated heterocycles. The molecule has 20 heavy (non-hydrogen) atoms. The van der Waals surface area contributed by atoms with E-state index in [4.69, 9.17) is 0 Å². The van der Waals surface area contributed by atoms with Crippen molar-refractivity contribution in [2.45, 2.75) is 111 Å². The van der Waals surface area contributed by atoms with Crippen molar-refractivity contribution in [2.24, 2.45) is 5.92 Å². The van der Waals surface area contributed by atoms with E-state index in [0.717, 1.165) is 12.8 Å². The number of carbonyl (C=O) groups excluding carboxylic acids is 1. The first-order chi connectivity index (χ1) is 9.72. The molecule has 0 aliphatic carbocycles. The van der Waals surface area contributed by atoms with Crippen molar-refractivity contribution in [3.63, 3.8) is 0 Å². The van der Waals surface area contributed by atoms with Gasteiger partial charge in [0.1, 0.15) is 5.78 Å². The van der Waals surface area contributed by atoms with Crippen LogP contribution in [0.1, 0.15) is 111 Å². The molecule has 0 spiro atoms. The van der Waals surface area contributed by atoms with Crippen molar-refractivity contribution in [3.8, 4) is 0 Å². The summed E-state index contributed by atoms with van der Waals surface area (Å²) in [7, 11) is 0. The molecule has 0 aromatic carbocycles. The zero-order valence-corrected chi connectivity index (χ0v) is 14.4. The van der Waals surface area contributed by atoms with E-state index >= 15 is 0 Å². The lowest BCUT2D eigenvalue weighted by Crippen LogP contribution is -2.10. The maximum atomic E-state index is 11.5. The fourth-order valence-electron chi connectivity index (χ4n) is 2.88. The molecule has 0 amide bonds. The molecule has 0 saturated carbocycles. The summed E-state index contributed by atoms with van der Waals surface area (Å²) in [6.07, 6.45) is 18.4. The van der Waals surface area contributed by atoms with E-state index in [0.29, 0.717) is 11.7 Å². The van der Waals surface area contributed by atoms with Crippen LogP contribution >= 0.6 is 0 Å². The molecule has 0 aromatic rings. The van der Waals surface area contributed by atoms with Crippen molar-refractivity contribution in [3.05, 3.63) is 0 Å². The predicted molar refractivity (Wildman–Crippen MR) is 90.2 cm³/mol. The van der Waals surface area contributed by atoms with Crippen molar-refractivity contribution in [1.29, 1.82) is 0 Å². The Morgan fingerprint density at radius 2 is 1.05 bits per heavy atom. The van der Waals surface area contributed by atoms with Gasteiger partial charge in [0.15, 0.2) is 0 Å². The van der Waals surface area contributed by atoms with Gasteiger partial charge in [0.2, 0.25) is 0 Å². The van der Waals surface area contributed by atoms with Gasteiger partial charge in [-0.05, 0) is 19.8 Å². The van der Waals surface area contributed by atoms with Crippen LogP contribution in [-0.2, 0) is 4.79 Å². The first kappa shape index (κ1) is 19.7. The normalized spacial score (nSPS) is 12.6. The number of unbranched alkanes of at least 4 members (excludes halogenated alkanes) is 10. The average molecular weight is 283 g/mol. The summed E-state index contributed by atoms with van der Waals surface area (Å²) in [5.41, 5.74) is 0. The van der Waals surface area contributed by atoms with Crippen LogP contribution in [0.4, 0.5) is 0 Å². The number of Topliss-reactive ketones (excluding diaryl/α,β-unsaturated/α-hetero) is 1. The minimum Gasteiger partial charge on any atom is -0.300 e. The Kier molecular flexibility index (Phi) is 14.8. The van der Waals surface area contributed by atoms with E-state index in [-0.39, 0.29) is 0 Å². The summed E-state index contributed by atoms with van der Waals surface area (Å²) >= 11 is 0. The highest BCUT2D eigenvalue weighted by molar-refractivity contribution is 5.78. The molecular weight excluding hydrogens is 244 g/mol. The second-order valence-corrected chi connectivity index (χ2v) is 6.42. The maximum Gasteiger partial charge on any atom is 0.132 e. The number of carbonyl (C=O) groups is 1. The van der Waals surface area contributed by atoms with E-state index in [2.05, 4.69) is 13.8 Å². The molecule has 1 heteroatoms. The Balaban J connectivity index is 3.34. The van der Waals surface area contributed by atoms with Gasteiger partial charge in [-0.2, -0.15) is 0 Å². The molecular formula is C19H38O. The Morgan fingerprint density at radius 3 is 1.50 bits per heavy atom. The van der Waals surface area contributed by atoms with Crippen LogP contribution in [0, 0.1) is 5.92 Å². The van der Waals surface area contributed by atoms with Crippen LogP contribution in [0.15, 0.2) is 0 Å². The molecule has 0 heterocycles. The molecule has 1 nitrogen and oxygen atoms in total. The monoisotopic (exact) mass is 282 g/mol. The van der Waals surface area contributed by atoms with E-state index in [1.165, 1.54) is 77.0 Å². The minimum absolute atomic E-state index is 0.351. The van der Waals surface area contributed by atoms with Crippen molar-refractivity contribution in [2.75, 3.05) is 0 Å². The molecule has 0 rings (SSSR count). The molecule has 1 atom stereocenters. The Labute approximate surface area is 127 Å². The second kappa shape index (κ2) is 15.1. The van der Waals surface area contributed by atoms with E-state index in [1.54, 1.807) is 6.92 Å². The molecule has 0 radical (unpaired) electrons. The van der Waals surface area contributed by atoms with Gasteiger partial charge in [-0.25, -0.2) is 0 Å². The van der Waals surface area contributed by atoms with Gasteiger partial charge in [-0.1, -0.05) is 90.9 Å².